The van der Waals surface area contributed by atoms with Crippen LogP contribution in [0.15, 0.2) is 36.4 Å². The number of rotatable bonds is 2. The van der Waals surface area contributed by atoms with Gasteiger partial charge in [-0.3, -0.25) is 4.79 Å². The number of benzene rings is 2. The van der Waals surface area contributed by atoms with Crippen LogP contribution in [0.1, 0.15) is 21.5 Å². The molecule has 1 amide bonds. The predicted octanol–water partition coefficient (Wildman–Crippen LogP) is 3.83. The highest BCUT2D eigenvalue weighted by Gasteiger charge is 2.12. The number of halogens is 2. The summed E-state index contributed by atoms with van der Waals surface area (Å²) in [6, 6.07) is 8.52. The number of hydrogen-bond acceptors (Lipinski definition) is 1. The largest absolute Gasteiger partial charge is 0.322 e. The maximum absolute atomic E-state index is 13.5. The maximum Gasteiger partial charge on any atom is 0.258 e. The van der Waals surface area contributed by atoms with E-state index in [4.69, 9.17) is 0 Å². The summed E-state index contributed by atoms with van der Waals surface area (Å²) in [5.41, 5.74) is 1.62. The topological polar surface area (TPSA) is 29.1 Å². The normalized spacial score (nSPS) is 10.3. The van der Waals surface area contributed by atoms with Gasteiger partial charge >= 0.3 is 0 Å². The van der Waals surface area contributed by atoms with Crippen molar-refractivity contribution in [3.8, 4) is 0 Å². The van der Waals surface area contributed by atoms with Gasteiger partial charge in [-0.1, -0.05) is 11.6 Å². The molecule has 0 fully saturated rings. The second-order valence-corrected chi connectivity index (χ2v) is 4.40. The van der Waals surface area contributed by atoms with Crippen molar-refractivity contribution in [2.24, 2.45) is 0 Å². The first-order valence-electron chi connectivity index (χ1n) is 5.81. The van der Waals surface area contributed by atoms with E-state index in [0.717, 1.165) is 5.56 Å². The number of carbonyl (C=O) groups is 1. The monoisotopic (exact) mass is 261 g/mol. The molecule has 0 aromatic heterocycles. The van der Waals surface area contributed by atoms with Crippen LogP contribution in [0.5, 0.6) is 0 Å². The van der Waals surface area contributed by atoms with Crippen molar-refractivity contribution >= 4 is 11.6 Å². The lowest BCUT2D eigenvalue weighted by atomic mass is 10.1. The van der Waals surface area contributed by atoms with Gasteiger partial charge in [0.1, 0.15) is 11.6 Å². The van der Waals surface area contributed by atoms with E-state index in [-0.39, 0.29) is 11.4 Å². The molecule has 19 heavy (non-hydrogen) atoms. The first-order valence-corrected chi connectivity index (χ1v) is 5.81. The molecule has 1 N–H and O–H groups in total. The highest BCUT2D eigenvalue weighted by Crippen LogP contribution is 2.16. The number of aryl methyl sites for hydroxylation is 2. The van der Waals surface area contributed by atoms with E-state index in [1.807, 2.05) is 0 Å². The van der Waals surface area contributed by atoms with Gasteiger partial charge in [-0.15, -0.1) is 0 Å². The molecule has 2 aromatic carbocycles. The molecule has 0 heterocycles. The summed E-state index contributed by atoms with van der Waals surface area (Å²) in [5, 5.41) is 2.55. The van der Waals surface area contributed by atoms with E-state index in [0.29, 0.717) is 11.3 Å². The van der Waals surface area contributed by atoms with Gasteiger partial charge in [0.15, 0.2) is 0 Å². The summed E-state index contributed by atoms with van der Waals surface area (Å²) < 4.78 is 26.6. The van der Waals surface area contributed by atoms with Crippen LogP contribution in [0.3, 0.4) is 0 Å². The number of nitrogens with one attached hydrogen (secondary N) is 1. The Labute approximate surface area is 110 Å². The third kappa shape index (κ3) is 2.96. The fraction of sp³-hybridized carbons (Fsp3) is 0.133. The van der Waals surface area contributed by atoms with Crippen molar-refractivity contribution in [2.75, 3.05) is 5.32 Å². The molecule has 98 valence electrons. The SMILES string of the molecule is Cc1ccc(F)c(C(=O)Nc2ccc(F)c(C)c2)c1. The van der Waals surface area contributed by atoms with Crippen LogP contribution in [0, 0.1) is 25.5 Å². The van der Waals surface area contributed by atoms with E-state index in [2.05, 4.69) is 5.32 Å². The molecule has 0 aliphatic carbocycles. The molecular weight excluding hydrogens is 248 g/mol. The molecule has 0 spiro atoms. The van der Waals surface area contributed by atoms with Gasteiger partial charge in [0.05, 0.1) is 5.56 Å². The van der Waals surface area contributed by atoms with E-state index < -0.39 is 11.7 Å². The Morgan fingerprint density at radius 3 is 2.37 bits per heavy atom. The molecule has 4 heteroatoms. The third-order valence-corrected chi connectivity index (χ3v) is 2.78. The van der Waals surface area contributed by atoms with Crippen LogP contribution in [0.2, 0.25) is 0 Å². The summed E-state index contributed by atoms with van der Waals surface area (Å²) in [5.74, 6) is -1.48. The zero-order chi connectivity index (χ0) is 14.0. The fourth-order valence-corrected chi connectivity index (χ4v) is 1.73. The van der Waals surface area contributed by atoms with Crippen LogP contribution in [0.4, 0.5) is 14.5 Å². The molecule has 0 aliphatic heterocycles. The minimum absolute atomic E-state index is 0.0259. The van der Waals surface area contributed by atoms with Crippen molar-refractivity contribution in [1.82, 2.24) is 0 Å². The van der Waals surface area contributed by atoms with E-state index in [1.165, 1.54) is 30.3 Å². The van der Waals surface area contributed by atoms with Crippen molar-refractivity contribution in [2.45, 2.75) is 13.8 Å². The molecule has 0 saturated carbocycles. The van der Waals surface area contributed by atoms with Gasteiger partial charge in [-0.2, -0.15) is 0 Å². The summed E-state index contributed by atoms with van der Waals surface area (Å²) in [6.07, 6.45) is 0. The van der Waals surface area contributed by atoms with Gasteiger partial charge in [-0.05, 0) is 49.7 Å². The molecule has 2 nitrogen and oxygen atoms in total. The highest BCUT2D eigenvalue weighted by molar-refractivity contribution is 6.04. The minimum Gasteiger partial charge on any atom is -0.322 e. The predicted molar refractivity (Wildman–Crippen MR) is 70.2 cm³/mol. The average molecular weight is 261 g/mol. The quantitative estimate of drug-likeness (QED) is 0.874. The van der Waals surface area contributed by atoms with Crippen LogP contribution in [-0.2, 0) is 0 Å². The average Bonchev–Trinajstić information content (AvgIpc) is 2.36. The standard InChI is InChI=1S/C15H13F2NO/c1-9-3-5-14(17)12(7-9)15(19)18-11-4-6-13(16)10(2)8-11/h3-8H,1-2H3,(H,18,19). The van der Waals surface area contributed by atoms with Crippen LogP contribution in [-0.4, -0.2) is 5.91 Å². The van der Waals surface area contributed by atoms with Crippen molar-refractivity contribution < 1.29 is 13.6 Å². The maximum atomic E-state index is 13.5. The molecule has 0 bridgehead atoms. The lowest BCUT2D eigenvalue weighted by Gasteiger charge is -2.08. The first-order chi connectivity index (χ1) is 8.97. The molecule has 0 atom stereocenters. The van der Waals surface area contributed by atoms with Gasteiger partial charge in [0, 0.05) is 5.69 Å². The highest BCUT2D eigenvalue weighted by atomic mass is 19.1. The van der Waals surface area contributed by atoms with Crippen molar-refractivity contribution in [1.29, 1.82) is 0 Å². The summed E-state index contributed by atoms with van der Waals surface area (Å²) in [4.78, 5) is 11.9. The Hall–Kier alpha value is -2.23. The third-order valence-electron chi connectivity index (χ3n) is 2.78. The number of amides is 1. The fourth-order valence-electron chi connectivity index (χ4n) is 1.73. The molecule has 0 saturated heterocycles. The zero-order valence-electron chi connectivity index (χ0n) is 10.6. The van der Waals surface area contributed by atoms with Gasteiger partial charge in [0.2, 0.25) is 0 Å². The Bertz CT molecular complexity index is 638. The number of hydrogen-bond donors (Lipinski definition) is 1. The lowest BCUT2D eigenvalue weighted by Crippen LogP contribution is -2.14. The van der Waals surface area contributed by atoms with E-state index in [9.17, 15) is 13.6 Å². The molecular formula is C15H13F2NO. The van der Waals surface area contributed by atoms with Crippen LogP contribution in [0.25, 0.3) is 0 Å². The Morgan fingerprint density at radius 1 is 1.00 bits per heavy atom. The molecule has 0 unspecified atom stereocenters. The summed E-state index contributed by atoms with van der Waals surface area (Å²) in [7, 11) is 0. The first kappa shape index (κ1) is 13.2. The molecule has 2 aromatic rings. The zero-order valence-corrected chi connectivity index (χ0v) is 10.6. The van der Waals surface area contributed by atoms with E-state index >= 15 is 0 Å². The van der Waals surface area contributed by atoms with Crippen molar-refractivity contribution in [3.05, 3.63) is 64.7 Å². The summed E-state index contributed by atoms with van der Waals surface area (Å²) in [6.45, 7) is 3.37. The van der Waals surface area contributed by atoms with Gasteiger partial charge in [0.25, 0.3) is 5.91 Å². The van der Waals surface area contributed by atoms with Crippen LogP contribution < -0.4 is 5.32 Å². The van der Waals surface area contributed by atoms with Gasteiger partial charge < -0.3 is 5.32 Å². The van der Waals surface area contributed by atoms with Gasteiger partial charge in [-0.25, -0.2) is 8.78 Å². The molecule has 0 radical (unpaired) electrons. The minimum atomic E-state index is -0.582. The lowest BCUT2D eigenvalue weighted by molar-refractivity contribution is 0.102. The molecule has 0 aliphatic rings. The molecule has 2 rings (SSSR count). The Balaban J connectivity index is 2.25. The van der Waals surface area contributed by atoms with E-state index in [1.54, 1.807) is 19.9 Å². The second kappa shape index (κ2) is 5.18. The smallest absolute Gasteiger partial charge is 0.258 e. The Kier molecular flexibility index (Phi) is 3.60. The number of anilines is 1. The van der Waals surface area contributed by atoms with Crippen LogP contribution >= 0.6 is 0 Å². The Morgan fingerprint density at radius 2 is 1.68 bits per heavy atom. The number of carbonyl (C=O) groups excluding carboxylic acids is 1. The summed E-state index contributed by atoms with van der Waals surface area (Å²) >= 11 is 0. The second-order valence-electron chi connectivity index (χ2n) is 4.40. The van der Waals surface area contributed by atoms with Crippen molar-refractivity contribution in [3.63, 3.8) is 0 Å².